The summed E-state index contributed by atoms with van der Waals surface area (Å²) in [6.45, 7) is 2.86. The third-order valence-electron chi connectivity index (χ3n) is 2.07. The Morgan fingerprint density at radius 2 is 2.36 bits per heavy atom. The molecule has 78 valence electrons. The molecule has 0 aromatic rings. The van der Waals surface area contributed by atoms with Gasteiger partial charge in [-0.05, 0) is 18.7 Å². The molecule has 0 aliphatic carbocycles. The van der Waals surface area contributed by atoms with Crippen molar-refractivity contribution < 1.29 is 4.79 Å². The largest absolute Gasteiger partial charge is 0.344 e. The first kappa shape index (κ1) is 11.4. The predicted molar refractivity (Wildman–Crippen MR) is 60.2 cm³/mol. The zero-order valence-corrected chi connectivity index (χ0v) is 9.11. The predicted octanol–water partition coefficient (Wildman–Crippen LogP) is 0.175. The van der Waals surface area contributed by atoms with Gasteiger partial charge in [-0.1, -0.05) is 5.92 Å². The molecule has 1 heterocycles. The molecule has 1 N–H and O–H groups in total. The Morgan fingerprint density at radius 1 is 1.50 bits per heavy atom. The second kappa shape index (κ2) is 6.74. The van der Waals surface area contributed by atoms with E-state index >= 15 is 0 Å². The molecule has 0 spiro atoms. The molecule has 1 aliphatic heterocycles. The number of hydrogen-bond acceptors (Lipinski definition) is 3. The van der Waals surface area contributed by atoms with E-state index in [9.17, 15) is 4.79 Å². The van der Waals surface area contributed by atoms with Crippen molar-refractivity contribution in [3.8, 4) is 12.3 Å². The molecule has 0 aromatic heterocycles. The van der Waals surface area contributed by atoms with Crippen molar-refractivity contribution in [1.82, 2.24) is 10.2 Å². The Balaban J connectivity index is 2.21. The lowest BCUT2D eigenvalue weighted by Crippen LogP contribution is -2.38. The minimum absolute atomic E-state index is 0.0369. The van der Waals surface area contributed by atoms with Crippen molar-refractivity contribution in [2.24, 2.45) is 0 Å². The van der Waals surface area contributed by atoms with Crippen molar-refractivity contribution in [1.29, 1.82) is 0 Å². The molecule has 4 heteroatoms. The van der Waals surface area contributed by atoms with Crippen LogP contribution in [0, 0.1) is 12.3 Å². The zero-order chi connectivity index (χ0) is 10.2. The topological polar surface area (TPSA) is 32.3 Å². The number of terminal acetylenes is 1. The summed E-state index contributed by atoms with van der Waals surface area (Å²) < 4.78 is 0. The van der Waals surface area contributed by atoms with Gasteiger partial charge in [0.15, 0.2) is 0 Å². The molecule has 1 aliphatic rings. The van der Waals surface area contributed by atoms with Gasteiger partial charge in [-0.3, -0.25) is 9.69 Å². The molecule has 0 radical (unpaired) electrons. The third-order valence-corrected chi connectivity index (χ3v) is 3.12. The van der Waals surface area contributed by atoms with Crippen molar-refractivity contribution in [2.45, 2.75) is 6.42 Å². The molecular formula is C10H16N2OS. The summed E-state index contributed by atoms with van der Waals surface area (Å²) in [6.07, 6.45) is 6.23. The summed E-state index contributed by atoms with van der Waals surface area (Å²) in [7, 11) is 0. The lowest BCUT2D eigenvalue weighted by molar-refractivity contribution is -0.121. The minimum atomic E-state index is 0.0369. The highest BCUT2D eigenvalue weighted by molar-refractivity contribution is 7.99. The molecule has 3 nitrogen and oxygen atoms in total. The van der Waals surface area contributed by atoms with E-state index in [1.807, 2.05) is 11.8 Å². The highest BCUT2D eigenvalue weighted by Crippen LogP contribution is 2.09. The number of amides is 1. The number of rotatable bonds is 3. The number of carbonyl (C=O) groups is 1. The van der Waals surface area contributed by atoms with E-state index in [0.717, 1.165) is 18.8 Å². The minimum Gasteiger partial charge on any atom is -0.344 e. The SMILES string of the molecule is C#CCNC(=O)CN1CCCSCC1. The van der Waals surface area contributed by atoms with Gasteiger partial charge < -0.3 is 5.32 Å². The number of carbonyl (C=O) groups excluding carboxylic acids is 1. The number of hydrogen-bond donors (Lipinski definition) is 1. The standard InChI is InChI=1S/C10H16N2OS/c1-2-4-11-10(13)9-12-5-3-7-14-8-6-12/h1H,3-9H2,(H,11,13). The first-order valence-electron chi connectivity index (χ1n) is 4.83. The van der Waals surface area contributed by atoms with Crippen molar-refractivity contribution in [3.63, 3.8) is 0 Å². The fraction of sp³-hybridized carbons (Fsp3) is 0.700. The summed E-state index contributed by atoms with van der Waals surface area (Å²) in [5.74, 6) is 4.77. The molecular weight excluding hydrogens is 196 g/mol. The molecule has 1 rings (SSSR count). The average Bonchev–Trinajstić information content (AvgIpc) is 2.43. The van der Waals surface area contributed by atoms with Crippen LogP contribution in [0.1, 0.15) is 6.42 Å². The van der Waals surface area contributed by atoms with Crippen molar-refractivity contribution >= 4 is 17.7 Å². The van der Waals surface area contributed by atoms with Crippen LogP contribution in [0.2, 0.25) is 0 Å². The van der Waals surface area contributed by atoms with E-state index in [-0.39, 0.29) is 5.91 Å². The normalized spacial score (nSPS) is 18.2. The lowest BCUT2D eigenvalue weighted by Gasteiger charge is -2.18. The van der Waals surface area contributed by atoms with Crippen LogP contribution in [0.5, 0.6) is 0 Å². The van der Waals surface area contributed by atoms with E-state index in [0.29, 0.717) is 13.1 Å². The van der Waals surface area contributed by atoms with Gasteiger partial charge in [0.05, 0.1) is 13.1 Å². The van der Waals surface area contributed by atoms with Crippen LogP contribution in [-0.4, -0.2) is 48.5 Å². The number of nitrogens with zero attached hydrogens (tertiary/aromatic N) is 1. The molecule has 0 unspecified atom stereocenters. The van der Waals surface area contributed by atoms with Crippen LogP contribution in [0.4, 0.5) is 0 Å². The maximum atomic E-state index is 11.3. The van der Waals surface area contributed by atoms with E-state index in [4.69, 9.17) is 6.42 Å². The Hall–Kier alpha value is -0.660. The van der Waals surface area contributed by atoms with Gasteiger partial charge in [-0.25, -0.2) is 0 Å². The Kier molecular flexibility index (Phi) is 5.50. The number of nitrogens with one attached hydrogen (secondary N) is 1. The van der Waals surface area contributed by atoms with Gasteiger partial charge in [0, 0.05) is 12.3 Å². The molecule has 14 heavy (non-hydrogen) atoms. The van der Waals surface area contributed by atoms with Crippen LogP contribution in [0.15, 0.2) is 0 Å². The number of thioether (sulfide) groups is 1. The van der Waals surface area contributed by atoms with E-state index < -0.39 is 0 Å². The first-order valence-corrected chi connectivity index (χ1v) is 5.98. The smallest absolute Gasteiger partial charge is 0.234 e. The van der Waals surface area contributed by atoms with E-state index in [1.165, 1.54) is 12.2 Å². The van der Waals surface area contributed by atoms with Gasteiger partial charge >= 0.3 is 0 Å². The Bertz CT molecular complexity index is 217. The Morgan fingerprint density at radius 3 is 3.14 bits per heavy atom. The van der Waals surface area contributed by atoms with Crippen LogP contribution < -0.4 is 5.32 Å². The second-order valence-corrected chi connectivity index (χ2v) is 4.45. The third kappa shape index (κ3) is 4.54. The van der Waals surface area contributed by atoms with E-state index in [2.05, 4.69) is 16.1 Å². The maximum Gasteiger partial charge on any atom is 0.234 e. The quantitative estimate of drug-likeness (QED) is 0.677. The van der Waals surface area contributed by atoms with E-state index in [1.54, 1.807) is 0 Å². The van der Waals surface area contributed by atoms with Crippen LogP contribution in [-0.2, 0) is 4.79 Å². The highest BCUT2D eigenvalue weighted by atomic mass is 32.2. The van der Waals surface area contributed by atoms with Crippen LogP contribution in [0.3, 0.4) is 0 Å². The molecule has 0 saturated carbocycles. The average molecular weight is 212 g/mol. The first-order chi connectivity index (χ1) is 6.83. The van der Waals surface area contributed by atoms with Crippen molar-refractivity contribution in [3.05, 3.63) is 0 Å². The fourth-order valence-electron chi connectivity index (χ4n) is 1.36. The summed E-state index contributed by atoms with van der Waals surface area (Å²) in [6, 6.07) is 0. The monoisotopic (exact) mass is 212 g/mol. The van der Waals surface area contributed by atoms with Gasteiger partial charge in [-0.2, -0.15) is 11.8 Å². The molecule has 1 fully saturated rings. The Labute approximate surface area is 89.6 Å². The molecule has 1 saturated heterocycles. The van der Waals surface area contributed by atoms with Gasteiger partial charge in [-0.15, -0.1) is 6.42 Å². The highest BCUT2D eigenvalue weighted by Gasteiger charge is 2.12. The molecule has 1 amide bonds. The van der Waals surface area contributed by atoms with Gasteiger partial charge in [0.25, 0.3) is 0 Å². The van der Waals surface area contributed by atoms with Gasteiger partial charge in [0.1, 0.15) is 0 Å². The second-order valence-electron chi connectivity index (χ2n) is 3.22. The summed E-state index contributed by atoms with van der Waals surface area (Å²) in [5, 5.41) is 2.68. The van der Waals surface area contributed by atoms with Gasteiger partial charge in [0.2, 0.25) is 5.91 Å². The molecule has 0 atom stereocenters. The van der Waals surface area contributed by atoms with Crippen LogP contribution >= 0.6 is 11.8 Å². The zero-order valence-electron chi connectivity index (χ0n) is 8.29. The van der Waals surface area contributed by atoms with Crippen molar-refractivity contribution in [2.75, 3.05) is 37.7 Å². The molecule has 0 bridgehead atoms. The lowest BCUT2D eigenvalue weighted by atomic mass is 10.4. The summed E-state index contributed by atoms with van der Waals surface area (Å²) >= 11 is 1.96. The van der Waals surface area contributed by atoms with Crippen LogP contribution in [0.25, 0.3) is 0 Å². The molecule has 0 aromatic carbocycles. The fourth-order valence-corrected chi connectivity index (χ4v) is 2.29. The summed E-state index contributed by atoms with van der Waals surface area (Å²) in [5.41, 5.74) is 0. The maximum absolute atomic E-state index is 11.3. The summed E-state index contributed by atoms with van der Waals surface area (Å²) in [4.78, 5) is 13.5.